The molecule has 2 aliphatic carbocycles. The molecule has 2 fully saturated rings. The van der Waals surface area contributed by atoms with Crippen LogP contribution in [-0.4, -0.2) is 47.1 Å². The third kappa shape index (κ3) is 6.23. The van der Waals surface area contributed by atoms with Gasteiger partial charge < -0.3 is 20.0 Å². The van der Waals surface area contributed by atoms with Crippen molar-refractivity contribution in [2.24, 2.45) is 23.7 Å². The first kappa shape index (κ1) is 27.4. The number of para-hydroxylation sites is 2. The van der Waals surface area contributed by atoms with Crippen molar-refractivity contribution in [3.05, 3.63) is 60.7 Å². The van der Waals surface area contributed by atoms with Gasteiger partial charge in [0.15, 0.2) is 0 Å². The Morgan fingerprint density at radius 3 is 1.18 bits per heavy atom. The molecule has 2 amide bonds. The molecule has 0 heterocycles. The van der Waals surface area contributed by atoms with Crippen molar-refractivity contribution in [1.29, 1.82) is 0 Å². The normalized spacial score (nSPS) is 23.3. The topological polar surface area (TPSA) is 115 Å². The molecule has 0 aromatic heterocycles. The second-order valence-corrected chi connectivity index (χ2v) is 10.3. The number of amides is 2. The predicted molar refractivity (Wildman–Crippen MR) is 144 cm³/mol. The zero-order chi connectivity index (χ0) is 27.1. The summed E-state index contributed by atoms with van der Waals surface area (Å²) >= 11 is 0. The van der Waals surface area contributed by atoms with E-state index in [-0.39, 0.29) is 24.9 Å². The fourth-order valence-corrected chi connectivity index (χ4v) is 5.99. The summed E-state index contributed by atoms with van der Waals surface area (Å²) in [5, 5.41) is 19.6. The van der Waals surface area contributed by atoms with Gasteiger partial charge in [-0.25, -0.2) is 0 Å². The lowest BCUT2D eigenvalue weighted by molar-refractivity contribution is -0.148. The number of carboxylic acids is 2. The number of hydrogen-bond donors (Lipinski definition) is 2. The molecular weight excluding hydrogens is 484 g/mol. The molecule has 0 saturated heterocycles. The number of benzene rings is 2. The minimum atomic E-state index is -0.950. The second-order valence-electron chi connectivity index (χ2n) is 10.3. The van der Waals surface area contributed by atoms with E-state index in [1.807, 2.05) is 60.7 Å². The highest BCUT2D eigenvalue weighted by molar-refractivity contribution is 5.99. The molecule has 202 valence electrons. The number of carbonyl (C=O) groups is 4. The summed E-state index contributed by atoms with van der Waals surface area (Å²) in [7, 11) is 0. The van der Waals surface area contributed by atoms with Gasteiger partial charge in [-0.3, -0.25) is 19.2 Å². The molecule has 8 nitrogen and oxygen atoms in total. The van der Waals surface area contributed by atoms with Gasteiger partial charge in [-0.05, 0) is 49.9 Å². The number of carboxylic acid groups (broad SMARTS) is 2. The maximum Gasteiger partial charge on any atom is 0.307 e. The fraction of sp³-hybridized carbons (Fsp3) is 0.467. The van der Waals surface area contributed by atoms with Crippen LogP contribution in [0.25, 0.3) is 0 Å². The van der Waals surface area contributed by atoms with Crippen LogP contribution in [0.15, 0.2) is 60.7 Å². The molecule has 2 N–H and O–H groups in total. The Bertz CT molecular complexity index is 1030. The third-order valence-electron chi connectivity index (χ3n) is 8.02. The lowest BCUT2D eigenvalue weighted by Crippen LogP contribution is -2.48. The molecule has 0 bridgehead atoms. The van der Waals surface area contributed by atoms with Crippen LogP contribution in [0, 0.1) is 23.7 Å². The predicted octanol–water partition coefficient (Wildman–Crippen LogP) is 4.83. The molecule has 2 aromatic rings. The zero-order valence-corrected chi connectivity index (χ0v) is 21.6. The summed E-state index contributed by atoms with van der Waals surface area (Å²) < 4.78 is 0. The summed E-state index contributed by atoms with van der Waals surface area (Å²) in [6.07, 6.45) is 5.16. The van der Waals surface area contributed by atoms with E-state index in [0.29, 0.717) is 37.1 Å². The Labute approximate surface area is 223 Å². The molecular formula is C30H36N2O6. The van der Waals surface area contributed by atoms with Crippen LogP contribution in [-0.2, 0) is 19.2 Å². The van der Waals surface area contributed by atoms with Gasteiger partial charge >= 0.3 is 11.9 Å². The summed E-state index contributed by atoms with van der Waals surface area (Å²) in [5.41, 5.74) is 1.29. The number of carbonyl (C=O) groups excluding carboxylic acids is 2. The van der Waals surface area contributed by atoms with E-state index < -0.39 is 35.6 Å². The molecule has 2 aliphatic rings. The Morgan fingerprint density at radius 1 is 0.553 bits per heavy atom. The van der Waals surface area contributed by atoms with E-state index in [1.54, 1.807) is 9.80 Å². The first-order valence-corrected chi connectivity index (χ1v) is 13.6. The van der Waals surface area contributed by atoms with Crippen LogP contribution in [0.2, 0.25) is 0 Å². The molecule has 0 unspecified atom stereocenters. The molecule has 38 heavy (non-hydrogen) atoms. The highest BCUT2D eigenvalue weighted by Crippen LogP contribution is 2.35. The average Bonchev–Trinajstić information content (AvgIpc) is 2.95. The maximum atomic E-state index is 13.9. The number of nitrogens with zero attached hydrogens (tertiary/aromatic N) is 2. The Balaban J connectivity index is 1.62. The van der Waals surface area contributed by atoms with E-state index in [0.717, 1.165) is 25.7 Å². The van der Waals surface area contributed by atoms with Crippen molar-refractivity contribution in [2.75, 3.05) is 22.9 Å². The molecule has 2 aromatic carbocycles. The van der Waals surface area contributed by atoms with E-state index in [4.69, 9.17) is 0 Å². The summed E-state index contributed by atoms with van der Waals surface area (Å²) in [5.74, 6) is -5.10. The van der Waals surface area contributed by atoms with E-state index in [1.165, 1.54) is 0 Å². The maximum absolute atomic E-state index is 13.9. The molecule has 0 radical (unpaired) electrons. The Morgan fingerprint density at radius 2 is 0.868 bits per heavy atom. The summed E-state index contributed by atoms with van der Waals surface area (Å²) in [6, 6.07) is 18.2. The monoisotopic (exact) mass is 520 g/mol. The van der Waals surface area contributed by atoms with Gasteiger partial charge in [0.25, 0.3) is 0 Å². The lowest BCUT2D eigenvalue weighted by atomic mass is 9.78. The van der Waals surface area contributed by atoms with Gasteiger partial charge in [0, 0.05) is 24.5 Å². The zero-order valence-electron chi connectivity index (χ0n) is 21.6. The Hall–Kier alpha value is -3.68. The highest BCUT2D eigenvalue weighted by atomic mass is 16.4. The SMILES string of the molecule is O=C(O)[C@@H]1CCCC[C@@H]1C(=O)N(CCN(C(=O)[C@@H]1CCCC[C@H]1C(=O)O)c1ccccc1)c1ccccc1. The van der Waals surface area contributed by atoms with E-state index >= 15 is 0 Å². The van der Waals surface area contributed by atoms with Crippen LogP contribution in [0.1, 0.15) is 51.4 Å². The van der Waals surface area contributed by atoms with Crippen LogP contribution < -0.4 is 9.80 Å². The van der Waals surface area contributed by atoms with Crippen molar-refractivity contribution in [2.45, 2.75) is 51.4 Å². The average molecular weight is 521 g/mol. The summed E-state index contributed by atoms with van der Waals surface area (Å²) in [4.78, 5) is 54.8. The van der Waals surface area contributed by atoms with Crippen LogP contribution >= 0.6 is 0 Å². The van der Waals surface area contributed by atoms with Gasteiger partial charge in [0.2, 0.25) is 11.8 Å². The smallest absolute Gasteiger partial charge is 0.307 e. The van der Waals surface area contributed by atoms with E-state index in [2.05, 4.69) is 0 Å². The van der Waals surface area contributed by atoms with Gasteiger partial charge in [0.05, 0.1) is 23.7 Å². The van der Waals surface area contributed by atoms with Gasteiger partial charge in [-0.1, -0.05) is 62.1 Å². The van der Waals surface area contributed by atoms with Crippen LogP contribution in [0.3, 0.4) is 0 Å². The number of rotatable bonds is 9. The third-order valence-corrected chi connectivity index (χ3v) is 8.02. The van der Waals surface area contributed by atoms with Crippen molar-refractivity contribution in [1.82, 2.24) is 0 Å². The molecule has 0 aliphatic heterocycles. The van der Waals surface area contributed by atoms with Gasteiger partial charge in [0.1, 0.15) is 0 Å². The fourth-order valence-electron chi connectivity index (χ4n) is 5.99. The number of hydrogen-bond acceptors (Lipinski definition) is 4. The van der Waals surface area contributed by atoms with Crippen molar-refractivity contribution in [3.63, 3.8) is 0 Å². The molecule has 0 spiro atoms. The standard InChI is InChI=1S/C30H36N2O6/c33-27(23-15-7-9-17-25(23)29(35)36)31(21-11-3-1-4-12-21)19-20-32(22-13-5-2-6-14-22)28(34)24-16-8-10-18-26(24)30(37)38/h1-6,11-14,23-26H,7-10,15-20H2,(H,35,36)(H,37,38)/t23-,24+,25-,26-/m1/s1. The van der Waals surface area contributed by atoms with Gasteiger partial charge in [-0.2, -0.15) is 0 Å². The Kier molecular flexibility index (Phi) is 9.15. The first-order valence-electron chi connectivity index (χ1n) is 13.6. The van der Waals surface area contributed by atoms with E-state index in [9.17, 15) is 29.4 Å². The number of anilines is 2. The molecule has 4 atom stereocenters. The lowest BCUT2D eigenvalue weighted by Gasteiger charge is -2.36. The van der Waals surface area contributed by atoms with Crippen molar-refractivity contribution in [3.8, 4) is 0 Å². The molecule has 4 rings (SSSR count). The molecule has 2 saturated carbocycles. The molecule has 8 heteroatoms. The minimum absolute atomic E-state index is 0.163. The second kappa shape index (κ2) is 12.7. The van der Waals surface area contributed by atoms with Crippen molar-refractivity contribution < 1.29 is 29.4 Å². The van der Waals surface area contributed by atoms with Gasteiger partial charge in [-0.15, -0.1) is 0 Å². The van der Waals surface area contributed by atoms with Crippen molar-refractivity contribution >= 4 is 35.1 Å². The highest BCUT2D eigenvalue weighted by Gasteiger charge is 2.40. The largest absolute Gasteiger partial charge is 0.481 e. The first-order chi connectivity index (χ1) is 18.4. The van der Waals surface area contributed by atoms with Crippen LogP contribution in [0.5, 0.6) is 0 Å². The van der Waals surface area contributed by atoms with Crippen LogP contribution in [0.4, 0.5) is 11.4 Å². The quantitative estimate of drug-likeness (QED) is 0.489. The summed E-state index contributed by atoms with van der Waals surface area (Å²) in [6.45, 7) is 0.327. The minimum Gasteiger partial charge on any atom is -0.481 e. The number of aliphatic carboxylic acids is 2.